The lowest BCUT2D eigenvalue weighted by Gasteiger charge is -2.37. The number of piperidine rings is 1. The van der Waals surface area contributed by atoms with Gasteiger partial charge < -0.3 is 10.0 Å². The van der Waals surface area contributed by atoms with Crippen molar-refractivity contribution >= 4 is 17.2 Å². The lowest BCUT2D eigenvalue weighted by molar-refractivity contribution is 0.0492. The highest BCUT2D eigenvalue weighted by molar-refractivity contribution is 7.13. The van der Waals surface area contributed by atoms with Gasteiger partial charge in [0.2, 0.25) is 0 Å². The number of aliphatic hydroxyl groups is 1. The average molecular weight is 344 g/mol. The van der Waals surface area contributed by atoms with Crippen molar-refractivity contribution in [2.45, 2.75) is 39.2 Å². The van der Waals surface area contributed by atoms with E-state index in [1.807, 2.05) is 30.0 Å². The standard InChI is InChI=1S/C19H24N2O2S/c1-13-8-9-16(12-22)11-21(13)19(23)18-14(2)20-17(24-18)10-15-6-4-3-5-7-15/h3-7,13,16,22H,8-12H2,1-2H3. The summed E-state index contributed by atoms with van der Waals surface area (Å²) in [6, 6.07) is 10.4. The lowest BCUT2D eigenvalue weighted by atomic mass is 9.94. The third-order valence-corrected chi connectivity index (χ3v) is 5.88. The van der Waals surface area contributed by atoms with Gasteiger partial charge in [0.15, 0.2) is 0 Å². The summed E-state index contributed by atoms with van der Waals surface area (Å²) in [5, 5.41) is 10.4. The Kier molecular flexibility index (Phi) is 5.31. The molecule has 1 amide bonds. The highest BCUT2D eigenvalue weighted by atomic mass is 32.1. The molecule has 2 heterocycles. The molecule has 4 nitrogen and oxygen atoms in total. The summed E-state index contributed by atoms with van der Waals surface area (Å²) in [4.78, 5) is 20.2. The highest BCUT2D eigenvalue weighted by Gasteiger charge is 2.31. The molecule has 3 rings (SSSR count). The molecule has 0 radical (unpaired) electrons. The first kappa shape index (κ1) is 17.1. The first-order valence-electron chi connectivity index (χ1n) is 8.50. The van der Waals surface area contributed by atoms with Crippen LogP contribution in [0.4, 0.5) is 0 Å². The van der Waals surface area contributed by atoms with Gasteiger partial charge in [-0.3, -0.25) is 4.79 Å². The van der Waals surface area contributed by atoms with Crippen molar-refractivity contribution in [3.63, 3.8) is 0 Å². The Morgan fingerprint density at radius 1 is 1.33 bits per heavy atom. The van der Waals surface area contributed by atoms with Crippen LogP contribution in [-0.2, 0) is 6.42 Å². The van der Waals surface area contributed by atoms with Crippen molar-refractivity contribution in [1.82, 2.24) is 9.88 Å². The molecule has 24 heavy (non-hydrogen) atoms. The Morgan fingerprint density at radius 3 is 2.79 bits per heavy atom. The van der Waals surface area contributed by atoms with Crippen LogP contribution in [0.3, 0.4) is 0 Å². The molecule has 0 saturated carbocycles. The van der Waals surface area contributed by atoms with Crippen molar-refractivity contribution in [3.8, 4) is 0 Å². The third-order valence-electron chi connectivity index (χ3n) is 4.73. The van der Waals surface area contributed by atoms with Crippen LogP contribution >= 0.6 is 11.3 Å². The van der Waals surface area contributed by atoms with Crippen LogP contribution < -0.4 is 0 Å². The Balaban J connectivity index is 1.77. The Morgan fingerprint density at radius 2 is 2.08 bits per heavy atom. The van der Waals surface area contributed by atoms with Crippen LogP contribution in [0.1, 0.15) is 45.7 Å². The number of likely N-dealkylation sites (tertiary alicyclic amines) is 1. The number of thiazole rings is 1. The van der Waals surface area contributed by atoms with E-state index in [0.29, 0.717) is 6.54 Å². The monoisotopic (exact) mass is 344 g/mol. The topological polar surface area (TPSA) is 53.4 Å². The molecule has 128 valence electrons. The maximum absolute atomic E-state index is 13.0. The predicted molar refractivity (Wildman–Crippen MR) is 96.4 cm³/mol. The Labute approximate surface area is 147 Å². The van der Waals surface area contributed by atoms with Crippen LogP contribution in [0.5, 0.6) is 0 Å². The smallest absolute Gasteiger partial charge is 0.266 e. The van der Waals surface area contributed by atoms with Crippen LogP contribution in [0, 0.1) is 12.8 Å². The van der Waals surface area contributed by atoms with Gasteiger partial charge in [-0.05, 0) is 38.2 Å². The van der Waals surface area contributed by atoms with Gasteiger partial charge in [-0.15, -0.1) is 11.3 Å². The summed E-state index contributed by atoms with van der Waals surface area (Å²) in [5.41, 5.74) is 2.02. The summed E-state index contributed by atoms with van der Waals surface area (Å²) >= 11 is 1.50. The van der Waals surface area contributed by atoms with Gasteiger partial charge in [0.05, 0.1) is 10.7 Å². The second kappa shape index (κ2) is 7.45. The van der Waals surface area contributed by atoms with Crippen molar-refractivity contribution in [3.05, 3.63) is 51.5 Å². The number of aryl methyl sites for hydroxylation is 1. The number of benzene rings is 1. The molecule has 1 fully saturated rings. The molecule has 1 N–H and O–H groups in total. The zero-order valence-corrected chi connectivity index (χ0v) is 15.1. The van der Waals surface area contributed by atoms with E-state index in [1.54, 1.807) is 0 Å². The quantitative estimate of drug-likeness (QED) is 0.926. The van der Waals surface area contributed by atoms with E-state index in [1.165, 1.54) is 16.9 Å². The fourth-order valence-electron chi connectivity index (χ4n) is 3.24. The molecular weight excluding hydrogens is 320 g/mol. The number of amides is 1. The highest BCUT2D eigenvalue weighted by Crippen LogP contribution is 2.27. The zero-order valence-electron chi connectivity index (χ0n) is 14.2. The van der Waals surface area contributed by atoms with Crippen molar-refractivity contribution in [2.75, 3.05) is 13.2 Å². The second-order valence-corrected chi connectivity index (χ2v) is 7.70. The number of aliphatic hydroxyl groups excluding tert-OH is 1. The average Bonchev–Trinajstić information content (AvgIpc) is 2.96. The van der Waals surface area contributed by atoms with Crippen molar-refractivity contribution < 1.29 is 9.90 Å². The van der Waals surface area contributed by atoms with Gasteiger partial charge in [0, 0.05) is 25.6 Å². The molecule has 0 bridgehead atoms. The molecule has 1 aromatic carbocycles. The zero-order chi connectivity index (χ0) is 17.1. The van der Waals surface area contributed by atoms with Gasteiger partial charge in [-0.2, -0.15) is 0 Å². The molecule has 1 aliphatic rings. The molecule has 1 aliphatic heterocycles. The van der Waals surface area contributed by atoms with E-state index in [-0.39, 0.29) is 24.5 Å². The first-order valence-corrected chi connectivity index (χ1v) is 9.32. The first-order chi connectivity index (χ1) is 11.6. The number of rotatable bonds is 4. The van der Waals surface area contributed by atoms with E-state index < -0.39 is 0 Å². The van der Waals surface area contributed by atoms with Crippen LogP contribution in [-0.4, -0.2) is 40.1 Å². The minimum Gasteiger partial charge on any atom is -0.396 e. The van der Waals surface area contributed by atoms with Gasteiger partial charge >= 0.3 is 0 Å². The predicted octanol–water partition coefficient (Wildman–Crippen LogP) is 3.28. The minimum absolute atomic E-state index is 0.0648. The minimum atomic E-state index is 0.0648. The van der Waals surface area contributed by atoms with Crippen molar-refractivity contribution in [1.29, 1.82) is 0 Å². The SMILES string of the molecule is Cc1nc(Cc2ccccc2)sc1C(=O)N1CC(CO)CCC1C. The fraction of sp³-hybridized carbons (Fsp3) is 0.474. The van der Waals surface area contributed by atoms with Crippen LogP contribution in [0.15, 0.2) is 30.3 Å². The summed E-state index contributed by atoms with van der Waals surface area (Å²) in [7, 11) is 0. The Bertz CT molecular complexity index is 699. The van der Waals surface area contributed by atoms with E-state index in [0.717, 1.165) is 34.8 Å². The molecule has 0 aliphatic carbocycles. The molecule has 5 heteroatoms. The summed E-state index contributed by atoms with van der Waals surface area (Å²) < 4.78 is 0. The van der Waals surface area contributed by atoms with Gasteiger partial charge in [0.1, 0.15) is 4.88 Å². The number of aromatic nitrogens is 1. The van der Waals surface area contributed by atoms with E-state index >= 15 is 0 Å². The number of carbonyl (C=O) groups excluding carboxylic acids is 1. The van der Waals surface area contributed by atoms with Gasteiger partial charge in [0.25, 0.3) is 5.91 Å². The molecule has 0 spiro atoms. The number of hydrogen-bond donors (Lipinski definition) is 1. The molecule has 2 atom stereocenters. The lowest BCUT2D eigenvalue weighted by Crippen LogP contribution is -2.46. The third kappa shape index (κ3) is 3.68. The normalized spacial score (nSPS) is 21.0. The maximum Gasteiger partial charge on any atom is 0.266 e. The molecule has 2 unspecified atom stereocenters. The molecule has 1 saturated heterocycles. The van der Waals surface area contributed by atoms with Crippen LogP contribution in [0.25, 0.3) is 0 Å². The molecule has 1 aromatic heterocycles. The molecule has 2 aromatic rings. The maximum atomic E-state index is 13.0. The molecular formula is C19H24N2O2S. The number of carbonyl (C=O) groups is 1. The second-order valence-electron chi connectivity index (χ2n) is 6.62. The van der Waals surface area contributed by atoms with E-state index in [2.05, 4.69) is 24.0 Å². The number of nitrogens with zero attached hydrogens (tertiary/aromatic N) is 2. The Hall–Kier alpha value is -1.72. The van der Waals surface area contributed by atoms with Gasteiger partial charge in [-0.25, -0.2) is 4.98 Å². The summed E-state index contributed by atoms with van der Waals surface area (Å²) in [6.07, 6.45) is 2.70. The van der Waals surface area contributed by atoms with Gasteiger partial charge in [-0.1, -0.05) is 30.3 Å². The van der Waals surface area contributed by atoms with Crippen molar-refractivity contribution in [2.24, 2.45) is 5.92 Å². The summed E-state index contributed by atoms with van der Waals surface area (Å²) in [5.74, 6) is 0.261. The van der Waals surface area contributed by atoms with E-state index in [4.69, 9.17) is 0 Å². The van der Waals surface area contributed by atoms with Crippen LogP contribution in [0.2, 0.25) is 0 Å². The largest absolute Gasteiger partial charge is 0.396 e. The fourth-order valence-corrected chi connectivity index (χ4v) is 4.30. The number of hydrogen-bond acceptors (Lipinski definition) is 4. The summed E-state index contributed by atoms with van der Waals surface area (Å²) in [6.45, 7) is 4.79. The van der Waals surface area contributed by atoms with E-state index in [9.17, 15) is 9.90 Å².